The Balaban J connectivity index is 1.58. The second-order valence-corrected chi connectivity index (χ2v) is 16.0. The van der Waals surface area contributed by atoms with E-state index in [2.05, 4.69) is 15.3 Å². The summed E-state index contributed by atoms with van der Waals surface area (Å²) in [5.74, 6) is 1.95. The molecule has 2 aliphatic rings. The van der Waals surface area contributed by atoms with Gasteiger partial charge in [-0.2, -0.15) is 22.1 Å². The molecule has 0 spiro atoms. The first kappa shape index (κ1) is 39.1. The Kier molecular flexibility index (Phi) is 12.5. The topological polar surface area (TPSA) is 152 Å². The molecule has 52 heavy (non-hydrogen) atoms. The van der Waals surface area contributed by atoms with E-state index in [1.807, 2.05) is 42.6 Å². The largest absolute Gasteiger partial charge is 0.493 e. The number of carbonyl (C=O) groups excluding carboxylic acids is 2. The molecule has 15 nitrogen and oxygen atoms in total. The molecule has 286 valence electrons. The Morgan fingerprint density at radius 3 is 2.38 bits per heavy atom. The van der Waals surface area contributed by atoms with Crippen LogP contribution in [-0.2, 0) is 39.8 Å². The van der Waals surface area contributed by atoms with Gasteiger partial charge in [-0.3, -0.25) is 14.3 Å². The third-order valence-electron chi connectivity index (χ3n) is 10.2. The summed E-state index contributed by atoms with van der Waals surface area (Å²) in [6, 6.07) is 3.88. The predicted octanol–water partition coefficient (Wildman–Crippen LogP) is 2.81. The maximum Gasteiger partial charge on any atom is 0.281 e. The zero-order valence-electron chi connectivity index (χ0n) is 31.8. The van der Waals surface area contributed by atoms with Crippen molar-refractivity contribution in [2.24, 2.45) is 13.0 Å². The Labute approximate surface area is 307 Å². The number of aryl methyl sites for hydroxylation is 2. The monoisotopic (exact) mass is 742 g/mol. The van der Waals surface area contributed by atoms with Crippen molar-refractivity contribution < 1.29 is 32.2 Å². The van der Waals surface area contributed by atoms with Crippen molar-refractivity contribution in [2.45, 2.75) is 58.9 Å². The van der Waals surface area contributed by atoms with Crippen LogP contribution in [0.5, 0.6) is 17.2 Å². The lowest BCUT2D eigenvalue weighted by molar-refractivity contribution is -0.131. The lowest BCUT2D eigenvalue weighted by Crippen LogP contribution is -2.48. The molecule has 2 aromatic heterocycles. The minimum atomic E-state index is -3.85. The highest BCUT2D eigenvalue weighted by Crippen LogP contribution is 2.44. The second kappa shape index (κ2) is 16.7. The van der Waals surface area contributed by atoms with E-state index >= 15 is 0 Å². The van der Waals surface area contributed by atoms with Crippen molar-refractivity contribution >= 4 is 38.7 Å². The van der Waals surface area contributed by atoms with Gasteiger partial charge >= 0.3 is 0 Å². The maximum absolute atomic E-state index is 14.2. The minimum absolute atomic E-state index is 0.0252. The molecular weight excluding hydrogens is 689 g/mol. The van der Waals surface area contributed by atoms with E-state index in [4.69, 9.17) is 19.2 Å². The number of hydrogen-bond donors (Lipinski definition) is 1. The first-order valence-electron chi connectivity index (χ1n) is 17.9. The van der Waals surface area contributed by atoms with E-state index in [1.165, 1.54) is 18.4 Å². The molecule has 5 rings (SSSR count). The third kappa shape index (κ3) is 8.39. The second-order valence-electron chi connectivity index (χ2n) is 13.9. The molecule has 0 radical (unpaired) electrons. The molecule has 2 aliphatic heterocycles. The number of methoxy groups -OCH3 is 3. The van der Waals surface area contributed by atoms with E-state index < -0.39 is 10.2 Å². The van der Waals surface area contributed by atoms with Gasteiger partial charge in [-0.15, -0.1) is 0 Å². The van der Waals surface area contributed by atoms with Crippen LogP contribution in [-0.4, -0.2) is 123 Å². The molecule has 2 bridgehead atoms. The highest BCUT2D eigenvalue weighted by molar-refractivity contribution is 7.86. The quantitative estimate of drug-likeness (QED) is 0.365. The number of nitrogens with one attached hydrogen (secondary N) is 1. The van der Waals surface area contributed by atoms with E-state index in [0.717, 1.165) is 57.4 Å². The Bertz CT molecular complexity index is 1880. The zero-order chi connectivity index (χ0) is 37.7. The van der Waals surface area contributed by atoms with Gasteiger partial charge in [-0.1, -0.05) is 0 Å². The average Bonchev–Trinajstić information content (AvgIpc) is 3.37. The first-order chi connectivity index (χ1) is 24.8. The fraction of sp³-hybridized carbons (Fsp3) is 0.611. The summed E-state index contributed by atoms with van der Waals surface area (Å²) in [6.45, 7) is 6.30. The van der Waals surface area contributed by atoms with E-state index in [9.17, 15) is 18.0 Å². The molecule has 1 unspecified atom stereocenters. The number of piperidine rings is 1. The molecule has 4 heterocycles. The number of carbonyl (C=O) groups is 2. The smallest absolute Gasteiger partial charge is 0.281 e. The number of nitrogens with zero attached hydrogens (tertiary/aromatic N) is 7. The molecule has 1 N–H and O–H groups in total. The molecule has 3 aromatic rings. The summed E-state index contributed by atoms with van der Waals surface area (Å²) in [5.41, 5.74) is 4.52. The standard InChI is InChI=1S/C36H54N8O7S/c1-24-28(25(2)41(5)39-24)13-14-33(46)42-15-9-10-17-44(52(47,48)40(3)4)23-32(45)37-20-26-12-11-16-43(21-26)36-27(22-42)18-29-30(38-36)19-31(49-6)35(51-8)34(29)50-7/h18-19,26H,9-17,20-23H2,1-8H3,(H,37,45). The molecule has 16 heteroatoms. The van der Waals surface area contributed by atoms with Crippen molar-refractivity contribution in [1.82, 2.24) is 33.6 Å². The molecule has 0 aliphatic carbocycles. The van der Waals surface area contributed by atoms with Gasteiger partial charge in [0, 0.05) is 89.5 Å². The van der Waals surface area contributed by atoms with Crippen molar-refractivity contribution in [3.8, 4) is 17.2 Å². The number of ether oxygens (including phenoxy) is 3. The summed E-state index contributed by atoms with van der Waals surface area (Å²) in [4.78, 5) is 36.7. The van der Waals surface area contributed by atoms with Crippen LogP contribution in [0.2, 0.25) is 0 Å². The van der Waals surface area contributed by atoms with Crippen molar-refractivity contribution in [3.05, 3.63) is 34.6 Å². The Morgan fingerprint density at radius 1 is 1.00 bits per heavy atom. The van der Waals surface area contributed by atoms with Gasteiger partial charge in [0.05, 0.1) is 39.1 Å². The van der Waals surface area contributed by atoms with Gasteiger partial charge in [0.2, 0.25) is 17.6 Å². The van der Waals surface area contributed by atoms with E-state index in [1.54, 1.807) is 21.3 Å². The molecule has 1 saturated heterocycles. The maximum atomic E-state index is 14.2. The lowest BCUT2D eigenvalue weighted by atomic mass is 9.97. The predicted molar refractivity (Wildman–Crippen MR) is 199 cm³/mol. The van der Waals surface area contributed by atoms with Gasteiger partial charge < -0.3 is 29.3 Å². The Hall–Kier alpha value is -4.15. The summed E-state index contributed by atoms with van der Waals surface area (Å²) in [5, 5.41) is 8.27. The van der Waals surface area contributed by atoms with Crippen LogP contribution in [0.1, 0.15) is 54.6 Å². The van der Waals surface area contributed by atoms with Gasteiger partial charge in [-0.05, 0) is 63.5 Å². The highest BCUT2D eigenvalue weighted by Gasteiger charge is 2.30. The van der Waals surface area contributed by atoms with Crippen LogP contribution >= 0.6 is 0 Å². The van der Waals surface area contributed by atoms with Crippen LogP contribution in [0.3, 0.4) is 0 Å². The van der Waals surface area contributed by atoms with Gasteiger partial charge in [0.25, 0.3) is 10.2 Å². The number of amides is 2. The van der Waals surface area contributed by atoms with Crippen LogP contribution in [0, 0.1) is 19.8 Å². The summed E-state index contributed by atoms with van der Waals surface area (Å²) < 4.78 is 47.9. The van der Waals surface area contributed by atoms with Crippen LogP contribution in [0.4, 0.5) is 5.82 Å². The molecule has 1 aromatic carbocycles. The van der Waals surface area contributed by atoms with Crippen LogP contribution in [0.25, 0.3) is 10.9 Å². The number of hydrogen-bond acceptors (Lipinski definition) is 10. The van der Waals surface area contributed by atoms with Crippen molar-refractivity contribution in [2.75, 3.05) is 79.6 Å². The SMILES string of the molecule is COc1cc2nc3c(cc2c(OC)c1OC)CN(C(=O)CCc1c(C)nn(C)c1C)CCCCN(S(=O)(=O)N(C)C)CC(=O)NCC1CCCN3C1. The molecule has 1 atom stereocenters. The lowest BCUT2D eigenvalue weighted by Gasteiger charge is -2.36. The van der Waals surface area contributed by atoms with E-state index in [0.29, 0.717) is 61.7 Å². The number of benzene rings is 1. The highest BCUT2D eigenvalue weighted by atomic mass is 32.2. The summed E-state index contributed by atoms with van der Waals surface area (Å²) in [6.07, 6.45) is 3.58. The number of pyridine rings is 1. The van der Waals surface area contributed by atoms with E-state index in [-0.39, 0.29) is 43.8 Å². The summed E-state index contributed by atoms with van der Waals surface area (Å²) in [7, 11) is 5.69. The Morgan fingerprint density at radius 2 is 1.73 bits per heavy atom. The van der Waals surface area contributed by atoms with Crippen LogP contribution in [0.15, 0.2) is 12.1 Å². The zero-order valence-corrected chi connectivity index (χ0v) is 32.6. The average molecular weight is 743 g/mol. The third-order valence-corrected chi connectivity index (χ3v) is 12.1. The number of fused-ring (bicyclic) bond motifs is 5. The fourth-order valence-corrected chi connectivity index (χ4v) is 8.38. The fourth-order valence-electron chi connectivity index (χ4n) is 7.28. The van der Waals surface area contributed by atoms with Crippen molar-refractivity contribution in [3.63, 3.8) is 0 Å². The molecule has 1 fully saturated rings. The van der Waals surface area contributed by atoms with Gasteiger partial charge in [-0.25, -0.2) is 4.98 Å². The molecule has 2 amide bonds. The molecule has 0 saturated carbocycles. The first-order valence-corrected chi connectivity index (χ1v) is 19.3. The number of rotatable bonds is 8. The number of aromatic nitrogens is 3. The number of anilines is 1. The van der Waals surface area contributed by atoms with Gasteiger partial charge in [0.1, 0.15) is 5.82 Å². The van der Waals surface area contributed by atoms with Crippen LogP contribution < -0.4 is 24.4 Å². The summed E-state index contributed by atoms with van der Waals surface area (Å²) >= 11 is 0. The minimum Gasteiger partial charge on any atom is -0.493 e. The van der Waals surface area contributed by atoms with Crippen molar-refractivity contribution in [1.29, 1.82) is 0 Å². The van der Waals surface area contributed by atoms with Gasteiger partial charge in [0.15, 0.2) is 11.5 Å². The molecular formula is C36H54N8O7S. The normalized spacial score (nSPS) is 18.3.